The van der Waals surface area contributed by atoms with Crippen molar-refractivity contribution >= 4 is 5.69 Å². The second-order valence-electron chi connectivity index (χ2n) is 4.21. The fourth-order valence-corrected chi connectivity index (χ4v) is 1.83. The van der Waals surface area contributed by atoms with E-state index in [2.05, 4.69) is 15.3 Å². The van der Waals surface area contributed by atoms with Gasteiger partial charge in [-0.15, -0.1) is 0 Å². The third-order valence-electron chi connectivity index (χ3n) is 2.83. The summed E-state index contributed by atoms with van der Waals surface area (Å²) in [6, 6.07) is 4.99. The molecule has 1 N–H and O–H groups in total. The highest BCUT2D eigenvalue weighted by Gasteiger charge is 2.13. The number of benzene rings is 1. The summed E-state index contributed by atoms with van der Waals surface area (Å²) in [4.78, 5) is 8.02. The SMILES string of the molecule is COc1ncnc(OC)c1CNc1ccc(C)cc1F. The van der Waals surface area contributed by atoms with E-state index in [9.17, 15) is 4.39 Å². The van der Waals surface area contributed by atoms with Gasteiger partial charge in [-0.25, -0.2) is 14.4 Å². The summed E-state index contributed by atoms with van der Waals surface area (Å²) in [6.07, 6.45) is 1.35. The topological polar surface area (TPSA) is 56.3 Å². The molecule has 0 fully saturated rings. The van der Waals surface area contributed by atoms with Gasteiger partial charge in [-0.05, 0) is 24.6 Å². The van der Waals surface area contributed by atoms with Crippen molar-refractivity contribution in [3.63, 3.8) is 0 Å². The molecule has 2 rings (SSSR count). The van der Waals surface area contributed by atoms with E-state index < -0.39 is 0 Å². The molecule has 1 heterocycles. The highest BCUT2D eigenvalue weighted by molar-refractivity contribution is 5.48. The molecule has 0 saturated carbocycles. The fourth-order valence-electron chi connectivity index (χ4n) is 1.83. The normalized spacial score (nSPS) is 10.2. The number of nitrogens with zero attached hydrogens (tertiary/aromatic N) is 2. The predicted molar refractivity (Wildman–Crippen MR) is 73.6 cm³/mol. The van der Waals surface area contributed by atoms with E-state index in [1.807, 2.05) is 13.0 Å². The van der Waals surface area contributed by atoms with Gasteiger partial charge in [0.2, 0.25) is 11.8 Å². The molecule has 0 spiro atoms. The maximum atomic E-state index is 13.8. The lowest BCUT2D eigenvalue weighted by Crippen LogP contribution is -2.07. The first kappa shape index (κ1) is 14.0. The lowest BCUT2D eigenvalue weighted by Gasteiger charge is -2.13. The van der Waals surface area contributed by atoms with Crippen LogP contribution in [-0.4, -0.2) is 24.2 Å². The van der Waals surface area contributed by atoms with Crippen molar-refractivity contribution in [2.45, 2.75) is 13.5 Å². The van der Waals surface area contributed by atoms with Crippen LogP contribution in [-0.2, 0) is 6.54 Å². The molecule has 106 valence electrons. The third-order valence-corrected chi connectivity index (χ3v) is 2.83. The van der Waals surface area contributed by atoms with E-state index in [1.165, 1.54) is 26.6 Å². The van der Waals surface area contributed by atoms with E-state index in [0.717, 1.165) is 5.56 Å². The maximum Gasteiger partial charge on any atom is 0.225 e. The van der Waals surface area contributed by atoms with Crippen LogP contribution in [0.25, 0.3) is 0 Å². The number of halogens is 1. The molecule has 0 aliphatic carbocycles. The number of hydrogen-bond acceptors (Lipinski definition) is 5. The average Bonchev–Trinajstić information content (AvgIpc) is 2.46. The molecule has 0 atom stereocenters. The van der Waals surface area contributed by atoms with Crippen LogP contribution in [0.15, 0.2) is 24.5 Å². The standard InChI is InChI=1S/C14H16FN3O2/c1-9-4-5-12(11(15)6-9)16-7-10-13(19-2)17-8-18-14(10)20-3/h4-6,8,16H,7H2,1-3H3. The van der Waals surface area contributed by atoms with Gasteiger partial charge in [0.15, 0.2) is 0 Å². The number of anilines is 1. The summed E-state index contributed by atoms with van der Waals surface area (Å²) < 4.78 is 24.1. The Labute approximate surface area is 116 Å². The quantitative estimate of drug-likeness (QED) is 0.910. The van der Waals surface area contributed by atoms with Gasteiger partial charge in [0.1, 0.15) is 12.1 Å². The molecule has 0 aliphatic heterocycles. The molecule has 0 saturated heterocycles. The molecule has 6 heteroatoms. The van der Waals surface area contributed by atoms with Crippen molar-refractivity contribution in [1.29, 1.82) is 0 Å². The molecule has 0 radical (unpaired) electrons. The van der Waals surface area contributed by atoms with E-state index in [0.29, 0.717) is 29.6 Å². The fraction of sp³-hybridized carbons (Fsp3) is 0.286. The Morgan fingerprint density at radius 3 is 2.35 bits per heavy atom. The lowest BCUT2D eigenvalue weighted by molar-refractivity contribution is 0.363. The van der Waals surface area contributed by atoms with Gasteiger partial charge >= 0.3 is 0 Å². The summed E-state index contributed by atoms with van der Waals surface area (Å²) in [6.45, 7) is 2.14. The highest BCUT2D eigenvalue weighted by Crippen LogP contribution is 2.25. The smallest absolute Gasteiger partial charge is 0.225 e. The van der Waals surface area contributed by atoms with E-state index in [1.54, 1.807) is 6.07 Å². The molecule has 0 unspecified atom stereocenters. The van der Waals surface area contributed by atoms with Crippen LogP contribution in [0.3, 0.4) is 0 Å². The van der Waals surface area contributed by atoms with Crippen molar-refractivity contribution in [1.82, 2.24) is 9.97 Å². The summed E-state index contributed by atoms with van der Waals surface area (Å²) in [5.41, 5.74) is 1.91. The monoisotopic (exact) mass is 277 g/mol. The van der Waals surface area contributed by atoms with Crippen molar-refractivity contribution in [2.24, 2.45) is 0 Å². The number of hydrogen-bond donors (Lipinski definition) is 1. The average molecular weight is 277 g/mol. The van der Waals surface area contributed by atoms with E-state index in [4.69, 9.17) is 9.47 Å². The van der Waals surface area contributed by atoms with Gasteiger partial charge in [-0.3, -0.25) is 0 Å². The number of rotatable bonds is 5. The van der Waals surface area contributed by atoms with Gasteiger partial charge in [0.05, 0.1) is 32.0 Å². The Balaban J connectivity index is 2.22. The second-order valence-corrected chi connectivity index (χ2v) is 4.21. The van der Waals surface area contributed by atoms with Gasteiger partial charge in [0, 0.05) is 0 Å². The third kappa shape index (κ3) is 2.96. The van der Waals surface area contributed by atoms with E-state index >= 15 is 0 Å². The zero-order valence-electron chi connectivity index (χ0n) is 11.6. The number of aromatic nitrogens is 2. The molecule has 5 nitrogen and oxygen atoms in total. The Morgan fingerprint density at radius 1 is 1.15 bits per heavy atom. The first-order valence-electron chi connectivity index (χ1n) is 6.07. The molecular weight excluding hydrogens is 261 g/mol. The van der Waals surface area contributed by atoms with Gasteiger partial charge in [-0.1, -0.05) is 6.07 Å². The number of aryl methyl sites for hydroxylation is 1. The van der Waals surface area contributed by atoms with Crippen LogP contribution in [0.2, 0.25) is 0 Å². The molecule has 20 heavy (non-hydrogen) atoms. The zero-order valence-corrected chi connectivity index (χ0v) is 11.6. The van der Waals surface area contributed by atoms with Crippen molar-refractivity contribution in [3.05, 3.63) is 41.5 Å². The van der Waals surface area contributed by atoms with Crippen molar-refractivity contribution < 1.29 is 13.9 Å². The Hall–Kier alpha value is -2.37. The van der Waals surface area contributed by atoms with Crippen LogP contribution >= 0.6 is 0 Å². The second kappa shape index (κ2) is 6.18. The summed E-state index contributed by atoms with van der Waals surface area (Å²) in [5, 5.41) is 2.99. The molecule has 0 aliphatic rings. The van der Waals surface area contributed by atoms with Crippen molar-refractivity contribution in [2.75, 3.05) is 19.5 Å². The van der Waals surface area contributed by atoms with Crippen LogP contribution in [0.5, 0.6) is 11.8 Å². The molecule has 0 amide bonds. The highest BCUT2D eigenvalue weighted by atomic mass is 19.1. The minimum absolute atomic E-state index is 0.299. The molecule has 1 aromatic carbocycles. The number of ether oxygens (including phenoxy) is 2. The van der Waals surface area contributed by atoms with Gasteiger partial charge < -0.3 is 14.8 Å². The number of nitrogens with one attached hydrogen (secondary N) is 1. The van der Waals surface area contributed by atoms with Crippen LogP contribution in [0, 0.1) is 12.7 Å². The van der Waals surface area contributed by atoms with E-state index in [-0.39, 0.29) is 5.82 Å². The van der Waals surface area contributed by atoms with Crippen LogP contribution < -0.4 is 14.8 Å². The summed E-state index contributed by atoms with van der Waals surface area (Å²) in [5.74, 6) is 0.494. The predicted octanol–water partition coefficient (Wildman–Crippen LogP) is 2.55. The Morgan fingerprint density at radius 2 is 1.80 bits per heavy atom. The summed E-state index contributed by atoms with van der Waals surface area (Å²) >= 11 is 0. The first-order valence-corrected chi connectivity index (χ1v) is 6.07. The zero-order chi connectivity index (χ0) is 14.5. The molecule has 0 bridgehead atoms. The maximum absolute atomic E-state index is 13.8. The molecular formula is C14H16FN3O2. The molecule has 1 aromatic heterocycles. The van der Waals surface area contributed by atoms with Gasteiger partial charge in [-0.2, -0.15) is 0 Å². The van der Waals surface area contributed by atoms with Crippen molar-refractivity contribution in [3.8, 4) is 11.8 Å². The Kier molecular flexibility index (Phi) is 4.34. The van der Waals surface area contributed by atoms with Crippen LogP contribution in [0.1, 0.15) is 11.1 Å². The minimum Gasteiger partial charge on any atom is -0.481 e. The first-order chi connectivity index (χ1) is 9.65. The number of methoxy groups -OCH3 is 2. The Bertz CT molecular complexity index is 583. The lowest BCUT2D eigenvalue weighted by atomic mass is 10.2. The largest absolute Gasteiger partial charge is 0.481 e. The molecule has 2 aromatic rings. The minimum atomic E-state index is -0.306. The summed E-state index contributed by atoms with van der Waals surface area (Å²) in [7, 11) is 3.02. The van der Waals surface area contributed by atoms with Gasteiger partial charge in [0.25, 0.3) is 0 Å². The van der Waals surface area contributed by atoms with Crippen LogP contribution in [0.4, 0.5) is 10.1 Å².